The molecule has 0 bridgehead atoms. The molecule has 1 heterocycles. The minimum atomic E-state index is -0.368. The molecular formula is C14H16N2O. The third kappa shape index (κ3) is 2.26. The quantitative estimate of drug-likeness (QED) is 0.808. The fourth-order valence-electron chi connectivity index (χ4n) is 1.97. The Bertz CT molecular complexity index is 563. The number of rotatable bonds is 3. The van der Waals surface area contributed by atoms with Crippen molar-refractivity contribution < 1.29 is 4.42 Å². The highest BCUT2D eigenvalue weighted by molar-refractivity contribution is 5.90. The van der Waals surface area contributed by atoms with Gasteiger partial charge >= 0.3 is 0 Å². The molecule has 3 heteroatoms. The molecule has 0 atom stereocenters. The van der Waals surface area contributed by atoms with Crippen LogP contribution in [0.25, 0.3) is 11.0 Å². The number of benzene rings is 1. The van der Waals surface area contributed by atoms with E-state index in [0.29, 0.717) is 6.54 Å². The van der Waals surface area contributed by atoms with Crippen LogP contribution in [0.4, 0.5) is 5.69 Å². The molecule has 0 saturated carbocycles. The highest BCUT2D eigenvalue weighted by Gasteiger charge is 2.21. The van der Waals surface area contributed by atoms with Crippen molar-refractivity contribution in [2.75, 3.05) is 18.5 Å². The third-order valence-corrected chi connectivity index (χ3v) is 2.81. The minimum Gasteiger partial charge on any atom is -0.462 e. The van der Waals surface area contributed by atoms with E-state index in [1.165, 1.54) is 0 Å². The normalized spacial score (nSPS) is 11.4. The van der Waals surface area contributed by atoms with Crippen molar-refractivity contribution in [3.63, 3.8) is 0 Å². The first-order chi connectivity index (χ1) is 8.03. The fraction of sp³-hybridized carbons (Fsp3) is 0.357. The van der Waals surface area contributed by atoms with Crippen molar-refractivity contribution in [2.45, 2.75) is 13.8 Å². The summed E-state index contributed by atoms with van der Waals surface area (Å²) in [4.78, 5) is 2.06. The van der Waals surface area contributed by atoms with E-state index in [2.05, 4.69) is 11.0 Å². The molecule has 0 unspecified atom stereocenters. The van der Waals surface area contributed by atoms with Crippen LogP contribution in [0.2, 0.25) is 0 Å². The Hall–Kier alpha value is -1.95. The number of fused-ring (bicyclic) bond motifs is 1. The number of hydrogen-bond acceptors (Lipinski definition) is 3. The number of furan rings is 1. The predicted molar refractivity (Wildman–Crippen MR) is 68.9 cm³/mol. The van der Waals surface area contributed by atoms with Crippen LogP contribution in [0, 0.1) is 16.7 Å². The molecule has 0 N–H and O–H groups in total. The summed E-state index contributed by atoms with van der Waals surface area (Å²) in [6, 6.07) is 10.2. The van der Waals surface area contributed by atoms with Gasteiger partial charge in [0.25, 0.3) is 0 Å². The van der Waals surface area contributed by atoms with Crippen LogP contribution in [0.15, 0.2) is 34.9 Å². The van der Waals surface area contributed by atoms with Gasteiger partial charge in [-0.05, 0) is 26.0 Å². The maximum Gasteiger partial charge on any atom is 0.136 e. The highest BCUT2D eigenvalue weighted by atomic mass is 16.3. The predicted octanol–water partition coefficient (Wildman–Crippen LogP) is 3.42. The van der Waals surface area contributed by atoms with Crippen molar-refractivity contribution >= 4 is 16.7 Å². The Morgan fingerprint density at radius 2 is 2.06 bits per heavy atom. The maximum atomic E-state index is 9.05. The molecule has 2 aromatic rings. The average Bonchev–Trinajstić information content (AvgIpc) is 2.72. The molecule has 0 aliphatic carbocycles. The van der Waals surface area contributed by atoms with Gasteiger partial charge in [-0.1, -0.05) is 12.1 Å². The van der Waals surface area contributed by atoms with Crippen LogP contribution < -0.4 is 4.90 Å². The van der Waals surface area contributed by atoms with Gasteiger partial charge in [-0.15, -0.1) is 0 Å². The van der Waals surface area contributed by atoms with Gasteiger partial charge in [-0.25, -0.2) is 0 Å². The average molecular weight is 228 g/mol. The fourth-order valence-corrected chi connectivity index (χ4v) is 1.97. The van der Waals surface area contributed by atoms with Gasteiger partial charge in [-0.3, -0.25) is 0 Å². The summed E-state index contributed by atoms with van der Waals surface area (Å²) in [6.07, 6.45) is 1.75. The monoisotopic (exact) mass is 228 g/mol. The zero-order valence-electron chi connectivity index (χ0n) is 10.4. The molecule has 0 fully saturated rings. The lowest BCUT2D eigenvalue weighted by molar-refractivity contribution is 0.496. The molecule has 1 aromatic carbocycles. The molecule has 0 aliphatic heterocycles. The molecule has 2 rings (SSSR count). The van der Waals surface area contributed by atoms with E-state index < -0.39 is 0 Å². The van der Waals surface area contributed by atoms with Crippen LogP contribution in [0.5, 0.6) is 0 Å². The van der Waals surface area contributed by atoms with Gasteiger partial charge in [0.15, 0.2) is 0 Å². The Balaban J connectivity index is 2.32. The third-order valence-electron chi connectivity index (χ3n) is 2.81. The maximum absolute atomic E-state index is 9.05. The van der Waals surface area contributed by atoms with Gasteiger partial charge in [0, 0.05) is 19.0 Å². The number of anilines is 1. The van der Waals surface area contributed by atoms with Crippen molar-refractivity contribution in [3.8, 4) is 6.07 Å². The number of para-hydroxylation sites is 1. The standard InChI is InChI=1S/C14H16N2O/c1-14(2,9-15)10-16(3)12-8-17-13-7-5-4-6-11(12)13/h4-8H,10H2,1-3H3. The Morgan fingerprint density at radius 3 is 2.76 bits per heavy atom. The Morgan fingerprint density at radius 1 is 1.35 bits per heavy atom. The van der Waals surface area contributed by atoms with Gasteiger partial charge in [0.05, 0.1) is 17.2 Å². The van der Waals surface area contributed by atoms with Crippen LogP contribution in [-0.4, -0.2) is 13.6 Å². The van der Waals surface area contributed by atoms with E-state index >= 15 is 0 Å². The molecule has 17 heavy (non-hydrogen) atoms. The molecule has 88 valence electrons. The lowest BCUT2D eigenvalue weighted by Gasteiger charge is -2.25. The summed E-state index contributed by atoms with van der Waals surface area (Å²) in [5.41, 5.74) is 1.54. The van der Waals surface area contributed by atoms with E-state index in [4.69, 9.17) is 9.68 Å². The van der Waals surface area contributed by atoms with Crippen molar-refractivity contribution in [1.29, 1.82) is 5.26 Å². The van der Waals surface area contributed by atoms with E-state index in [0.717, 1.165) is 16.7 Å². The summed E-state index contributed by atoms with van der Waals surface area (Å²) in [6.45, 7) is 4.55. The lowest BCUT2D eigenvalue weighted by atomic mass is 9.95. The van der Waals surface area contributed by atoms with Crippen LogP contribution in [0.3, 0.4) is 0 Å². The van der Waals surface area contributed by atoms with Crippen LogP contribution in [0.1, 0.15) is 13.8 Å². The van der Waals surface area contributed by atoms with E-state index in [1.807, 2.05) is 45.2 Å². The van der Waals surface area contributed by atoms with Crippen molar-refractivity contribution in [1.82, 2.24) is 0 Å². The molecule has 1 aromatic heterocycles. The SMILES string of the molecule is CN(CC(C)(C)C#N)c1coc2ccccc12. The largest absolute Gasteiger partial charge is 0.462 e. The van der Waals surface area contributed by atoms with Gasteiger partial charge in [0.1, 0.15) is 11.8 Å². The number of hydrogen-bond donors (Lipinski definition) is 0. The molecule has 0 saturated heterocycles. The zero-order valence-corrected chi connectivity index (χ0v) is 10.4. The highest BCUT2D eigenvalue weighted by Crippen LogP contribution is 2.29. The second-order valence-electron chi connectivity index (χ2n) is 4.97. The van der Waals surface area contributed by atoms with E-state index in [1.54, 1.807) is 6.26 Å². The lowest BCUT2D eigenvalue weighted by Crippen LogP contribution is -2.29. The summed E-state index contributed by atoms with van der Waals surface area (Å²) in [5, 5.41) is 10.1. The van der Waals surface area contributed by atoms with Crippen LogP contribution >= 0.6 is 0 Å². The smallest absolute Gasteiger partial charge is 0.136 e. The summed E-state index contributed by atoms with van der Waals surface area (Å²) in [5.74, 6) is 0. The first kappa shape index (κ1) is 11.5. The first-order valence-electron chi connectivity index (χ1n) is 5.62. The Kier molecular flexibility index (Phi) is 2.81. The summed E-state index contributed by atoms with van der Waals surface area (Å²) < 4.78 is 5.49. The molecule has 0 spiro atoms. The van der Waals surface area contributed by atoms with Crippen molar-refractivity contribution in [3.05, 3.63) is 30.5 Å². The number of nitriles is 1. The summed E-state index contributed by atoms with van der Waals surface area (Å²) >= 11 is 0. The Labute approximate surface area is 101 Å². The zero-order chi connectivity index (χ0) is 12.5. The van der Waals surface area contributed by atoms with E-state index in [-0.39, 0.29) is 5.41 Å². The van der Waals surface area contributed by atoms with Gasteiger partial charge < -0.3 is 9.32 Å². The summed E-state index contributed by atoms with van der Waals surface area (Å²) in [7, 11) is 1.98. The molecule has 0 aliphatic rings. The van der Waals surface area contributed by atoms with Crippen molar-refractivity contribution in [2.24, 2.45) is 5.41 Å². The second kappa shape index (κ2) is 4.14. The molecular weight excluding hydrogens is 212 g/mol. The first-order valence-corrected chi connectivity index (χ1v) is 5.62. The van der Waals surface area contributed by atoms with Gasteiger partial charge in [-0.2, -0.15) is 5.26 Å². The molecule has 0 radical (unpaired) electrons. The second-order valence-corrected chi connectivity index (χ2v) is 4.97. The van der Waals surface area contributed by atoms with Crippen LogP contribution in [-0.2, 0) is 0 Å². The molecule has 3 nitrogen and oxygen atoms in total. The number of nitrogens with zero attached hydrogens (tertiary/aromatic N) is 2. The topological polar surface area (TPSA) is 40.2 Å². The minimum absolute atomic E-state index is 0.368. The van der Waals surface area contributed by atoms with E-state index in [9.17, 15) is 0 Å². The molecule has 0 amide bonds. The van der Waals surface area contributed by atoms with Gasteiger partial charge in [0.2, 0.25) is 0 Å².